The lowest BCUT2D eigenvalue weighted by Gasteiger charge is -2.02. The summed E-state index contributed by atoms with van der Waals surface area (Å²) in [6.07, 6.45) is 2.64. The van der Waals surface area contributed by atoms with Crippen LogP contribution in [0.4, 0.5) is 11.4 Å². The fraction of sp³-hybridized carbons (Fsp3) is 0.455. The number of rotatable bonds is 2. The topological polar surface area (TPSA) is 61.3 Å². The number of nitrogen functional groups attached to an aromatic ring is 2. The molecular formula is C11H20N2O. The van der Waals surface area contributed by atoms with Gasteiger partial charge in [0.05, 0.1) is 18.5 Å². The number of methoxy groups -OCH3 is 1. The molecule has 0 aliphatic rings. The maximum Gasteiger partial charge on any atom is 0.121 e. The molecule has 0 radical (unpaired) electrons. The number of anilines is 2. The van der Waals surface area contributed by atoms with E-state index in [-0.39, 0.29) is 0 Å². The molecule has 0 bridgehead atoms. The molecule has 0 aliphatic carbocycles. The van der Waals surface area contributed by atoms with Crippen molar-refractivity contribution in [2.24, 2.45) is 0 Å². The minimum atomic E-state index is 0.555. The van der Waals surface area contributed by atoms with Gasteiger partial charge in [0.2, 0.25) is 0 Å². The monoisotopic (exact) mass is 196 g/mol. The summed E-state index contributed by atoms with van der Waals surface area (Å²) in [4.78, 5) is 0. The third-order valence-electron chi connectivity index (χ3n) is 1.79. The zero-order valence-electron chi connectivity index (χ0n) is 9.21. The Morgan fingerprint density at radius 3 is 2.00 bits per heavy atom. The van der Waals surface area contributed by atoms with Crippen LogP contribution in [0.1, 0.15) is 26.7 Å². The molecule has 0 atom stereocenters. The van der Waals surface area contributed by atoms with Crippen LogP contribution in [-0.4, -0.2) is 7.11 Å². The predicted octanol–water partition coefficient (Wildman–Crippen LogP) is 2.67. The molecule has 0 fully saturated rings. The van der Waals surface area contributed by atoms with Gasteiger partial charge in [0, 0.05) is 6.07 Å². The summed E-state index contributed by atoms with van der Waals surface area (Å²) >= 11 is 0. The van der Waals surface area contributed by atoms with Crippen molar-refractivity contribution >= 4 is 11.4 Å². The predicted molar refractivity (Wildman–Crippen MR) is 62.4 cm³/mol. The maximum atomic E-state index is 5.49. The second-order valence-corrected chi connectivity index (χ2v) is 2.99. The van der Waals surface area contributed by atoms with E-state index in [1.165, 1.54) is 12.8 Å². The van der Waals surface area contributed by atoms with Crippen LogP contribution in [0.25, 0.3) is 0 Å². The van der Waals surface area contributed by atoms with Crippen LogP contribution >= 0.6 is 0 Å². The Bertz CT molecular complexity index is 259. The standard InChI is InChI=1S/C7H10N2O.C4H10/c1-10-5-2-3-6(8)7(9)4-5;1-3-4-2/h2-4H,8-9H2,1H3;3-4H2,1-2H3. The van der Waals surface area contributed by atoms with Crippen molar-refractivity contribution in [1.82, 2.24) is 0 Å². The first-order chi connectivity index (χ1) is 6.65. The molecule has 0 spiro atoms. The van der Waals surface area contributed by atoms with Crippen LogP contribution in [-0.2, 0) is 0 Å². The highest BCUT2D eigenvalue weighted by Crippen LogP contribution is 2.20. The highest BCUT2D eigenvalue weighted by Gasteiger charge is 1.94. The van der Waals surface area contributed by atoms with Crippen molar-refractivity contribution in [1.29, 1.82) is 0 Å². The highest BCUT2D eigenvalue weighted by atomic mass is 16.5. The SMILES string of the molecule is CCCC.COc1ccc(N)c(N)c1. The molecule has 3 heteroatoms. The van der Waals surface area contributed by atoms with Gasteiger partial charge in [-0.25, -0.2) is 0 Å². The van der Waals surface area contributed by atoms with Gasteiger partial charge in [0.1, 0.15) is 5.75 Å². The van der Waals surface area contributed by atoms with Crippen LogP contribution in [0.15, 0.2) is 18.2 Å². The average molecular weight is 196 g/mol. The molecule has 0 unspecified atom stereocenters. The first kappa shape index (κ1) is 12.6. The van der Waals surface area contributed by atoms with Gasteiger partial charge >= 0.3 is 0 Å². The molecule has 0 aromatic heterocycles. The normalized spacial score (nSPS) is 8.79. The lowest BCUT2D eigenvalue weighted by Crippen LogP contribution is -1.94. The molecule has 0 saturated carbocycles. The Hall–Kier alpha value is -1.38. The van der Waals surface area contributed by atoms with Crippen molar-refractivity contribution in [2.75, 3.05) is 18.6 Å². The number of ether oxygens (including phenoxy) is 1. The minimum Gasteiger partial charge on any atom is -0.497 e. The average Bonchev–Trinajstić information content (AvgIpc) is 2.22. The lowest BCUT2D eigenvalue weighted by molar-refractivity contribution is 0.415. The van der Waals surface area contributed by atoms with E-state index in [2.05, 4.69) is 13.8 Å². The largest absolute Gasteiger partial charge is 0.497 e. The highest BCUT2D eigenvalue weighted by molar-refractivity contribution is 5.65. The Balaban J connectivity index is 0.000000364. The molecule has 0 aliphatic heterocycles. The number of unbranched alkanes of at least 4 members (excludes halogenated alkanes) is 1. The number of nitrogens with two attached hydrogens (primary N) is 2. The molecule has 1 rings (SSSR count). The summed E-state index contributed by atoms with van der Waals surface area (Å²) in [6.45, 7) is 4.36. The number of benzene rings is 1. The second kappa shape index (κ2) is 7.06. The van der Waals surface area contributed by atoms with Gasteiger partial charge in [-0.2, -0.15) is 0 Å². The molecular weight excluding hydrogens is 176 g/mol. The molecule has 1 aromatic rings. The Morgan fingerprint density at radius 2 is 1.64 bits per heavy atom. The molecule has 0 amide bonds. The van der Waals surface area contributed by atoms with E-state index in [1.54, 1.807) is 25.3 Å². The van der Waals surface area contributed by atoms with E-state index < -0.39 is 0 Å². The number of hydrogen-bond acceptors (Lipinski definition) is 3. The number of hydrogen-bond donors (Lipinski definition) is 2. The Labute approximate surface area is 86.1 Å². The summed E-state index contributed by atoms with van der Waals surface area (Å²) in [7, 11) is 1.59. The van der Waals surface area contributed by atoms with Crippen molar-refractivity contribution in [3.05, 3.63) is 18.2 Å². The third-order valence-corrected chi connectivity index (χ3v) is 1.79. The third kappa shape index (κ3) is 4.60. The summed E-state index contributed by atoms with van der Waals surface area (Å²) < 4.78 is 4.91. The van der Waals surface area contributed by atoms with Crippen LogP contribution in [0, 0.1) is 0 Å². The smallest absolute Gasteiger partial charge is 0.121 e. The van der Waals surface area contributed by atoms with Crippen LogP contribution in [0.5, 0.6) is 5.75 Å². The van der Waals surface area contributed by atoms with Crippen LogP contribution in [0.3, 0.4) is 0 Å². The molecule has 4 N–H and O–H groups in total. The molecule has 80 valence electrons. The summed E-state index contributed by atoms with van der Waals surface area (Å²) in [6, 6.07) is 5.18. The minimum absolute atomic E-state index is 0.555. The van der Waals surface area contributed by atoms with Gasteiger partial charge in [-0.15, -0.1) is 0 Å². The fourth-order valence-corrected chi connectivity index (χ4v) is 0.680. The van der Waals surface area contributed by atoms with Gasteiger partial charge in [0.15, 0.2) is 0 Å². The van der Waals surface area contributed by atoms with E-state index in [4.69, 9.17) is 16.2 Å². The Kier molecular flexibility index (Phi) is 6.37. The molecule has 3 nitrogen and oxygen atoms in total. The van der Waals surface area contributed by atoms with E-state index in [0.29, 0.717) is 11.4 Å². The summed E-state index contributed by atoms with van der Waals surface area (Å²) in [5.74, 6) is 0.728. The van der Waals surface area contributed by atoms with Gasteiger partial charge in [0.25, 0.3) is 0 Å². The lowest BCUT2D eigenvalue weighted by atomic mass is 10.2. The second-order valence-electron chi connectivity index (χ2n) is 2.99. The fourth-order valence-electron chi connectivity index (χ4n) is 0.680. The summed E-state index contributed by atoms with van der Waals surface area (Å²) in [5.41, 5.74) is 12.1. The zero-order chi connectivity index (χ0) is 11.0. The van der Waals surface area contributed by atoms with Gasteiger partial charge in [-0.1, -0.05) is 26.7 Å². The summed E-state index contributed by atoms with van der Waals surface area (Å²) in [5, 5.41) is 0. The first-order valence-corrected chi connectivity index (χ1v) is 4.84. The van der Waals surface area contributed by atoms with Crippen LogP contribution < -0.4 is 16.2 Å². The van der Waals surface area contributed by atoms with E-state index in [1.807, 2.05) is 0 Å². The van der Waals surface area contributed by atoms with Crippen molar-refractivity contribution in [2.45, 2.75) is 26.7 Å². The van der Waals surface area contributed by atoms with E-state index in [9.17, 15) is 0 Å². The van der Waals surface area contributed by atoms with Crippen LogP contribution in [0.2, 0.25) is 0 Å². The van der Waals surface area contributed by atoms with Crippen molar-refractivity contribution in [3.8, 4) is 5.75 Å². The van der Waals surface area contributed by atoms with E-state index in [0.717, 1.165) is 5.75 Å². The Morgan fingerprint density at radius 1 is 1.07 bits per heavy atom. The molecule has 0 saturated heterocycles. The van der Waals surface area contributed by atoms with Gasteiger partial charge in [-0.05, 0) is 12.1 Å². The molecule has 14 heavy (non-hydrogen) atoms. The van der Waals surface area contributed by atoms with E-state index >= 15 is 0 Å². The van der Waals surface area contributed by atoms with Crippen molar-refractivity contribution in [3.63, 3.8) is 0 Å². The quantitative estimate of drug-likeness (QED) is 0.715. The van der Waals surface area contributed by atoms with Crippen molar-refractivity contribution < 1.29 is 4.74 Å². The molecule has 0 heterocycles. The maximum absolute atomic E-state index is 5.49. The van der Waals surface area contributed by atoms with Gasteiger partial charge < -0.3 is 16.2 Å². The zero-order valence-corrected chi connectivity index (χ0v) is 9.21. The molecule has 1 aromatic carbocycles. The van der Waals surface area contributed by atoms with Gasteiger partial charge in [-0.3, -0.25) is 0 Å². The first-order valence-electron chi connectivity index (χ1n) is 4.84.